The van der Waals surface area contributed by atoms with Crippen molar-refractivity contribution in [2.45, 2.75) is 52.0 Å². The van der Waals surface area contributed by atoms with E-state index in [4.69, 9.17) is 4.43 Å². The van der Waals surface area contributed by atoms with Crippen molar-refractivity contribution < 1.29 is 9.53 Å². The fraction of sp³-hybridized carbons (Fsp3) is 0.467. The Balaban J connectivity index is 1.60. The molecule has 4 atom stereocenters. The Morgan fingerprint density at radius 3 is 2.15 bits per heavy atom. The van der Waals surface area contributed by atoms with E-state index in [2.05, 4.69) is 107 Å². The van der Waals surface area contributed by atoms with Crippen LogP contribution in [0.15, 0.2) is 85.0 Å². The summed E-state index contributed by atoms with van der Waals surface area (Å²) < 4.78 is 7.10. The minimum absolute atomic E-state index is 0.0318. The Kier molecular flexibility index (Phi) is 6.86. The molecule has 176 valence electrons. The third-order valence-electron chi connectivity index (χ3n) is 8.22. The van der Waals surface area contributed by atoms with Crippen LogP contribution in [0.1, 0.15) is 47.0 Å². The van der Waals surface area contributed by atoms with Gasteiger partial charge in [0.25, 0.3) is 8.32 Å². The first-order chi connectivity index (χ1) is 15.7. The Morgan fingerprint density at radius 2 is 1.64 bits per heavy atom. The summed E-state index contributed by atoms with van der Waals surface area (Å²) in [5.41, 5.74) is 1.58. The van der Waals surface area contributed by atoms with Gasteiger partial charge in [0, 0.05) is 13.2 Å². The highest BCUT2D eigenvalue weighted by molar-refractivity contribution is 6.99. The van der Waals surface area contributed by atoms with Crippen LogP contribution in [0.2, 0.25) is 5.04 Å². The predicted molar refractivity (Wildman–Crippen MR) is 141 cm³/mol. The Bertz CT molecular complexity index is 936. The van der Waals surface area contributed by atoms with Crippen LogP contribution in [-0.2, 0) is 4.43 Å². The molecule has 0 radical (unpaired) electrons. The molecule has 0 spiro atoms. The van der Waals surface area contributed by atoms with Gasteiger partial charge in [-0.15, -0.1) is 0 Å². The molecule has 1 unspecified atom stereocenters. The van der Waals surface area contributed by atoms with E-state index in [9.17, 15) is 5.11 Å². The highest BCUT2D eigenvalue weighted by Crippen LogP contribution is 2.56. The van der Waals surface area contributed by atoms with Crippen molar-refractivity contribution >= 4 is 18.7 Å². The number of rotatable bonds is 8. The predicted octanol–water partition coefficient (Wildman–Crippen LogP) is 5.72. The fourth-order valence-electron chi connectivity index (χ4n) is 6.51. The lowest BCUT2D eigenvalue weighted by Gasteiger charge is -2.43. The number of fused-ring (bicyclic) bond motifs is 1. The molecular weight excluding hydrogens is 420 g/mol. The van der Waals surface area contributed by atoms with Gasteiger partial charge in [0.05, 0.1) is 0 Å². The van der Waals surface area contributed by atoms with Crippen LogP contribution >= 0.6 is 0 Å². The molecule has 0 bridgehead atoms. The quantitative estimate of drug-likeness (QED) is 0.403. The number of hydrogen-bond donors (Lipinski definition) is 1. The summed E-state index contributed by atoms with van der Waals surface area (Å²) in [6, 6.07) is 21.6. The van der Waals surface area contributed by atoms with E-state index < -0.39 is 8.32 Å². The average Bonchev–Trinajstić information content (AvgIpc) is 3.30. The van der Waals surface area contributed by atoms with E-state index in [0.29, 0.717) is 18.4 Å². The van der Waals surface area contributed by atoms with Gasteiger partial charge >= 0.3 is 0 Å². The second kappa shape index (κ2) is 9.36. The van der Waals surface area contributed by atoms with Gasteiger partial charge in [-0.2, -0.15) is 0 Å². The fourth-order valence-corrected chi connectivity index (χ4v) is 11.1. The molecule has 0 aromatic heterocycles. The zero-order valence-corrected chi connectivity index (χ0v) is 21.8. The first kappa shape index (κ1) is 24.2. The van der Waals surface area contributed by atoms with Gasteiger partial charge in [0.15, 0.2) is 0 Å². The van der Waals surface area contributed by atoms with E-state index in [-0.39, 0.29) is 23.0 Å². The summed E-state index contributed by atoms with van der Waals surface area (Å²) >= 11 is 0. The maximum Gasteiger partial charge on any atom is 0.261 e. The summed E-state index contributed by atoms with van der Waals surface area (Å²) in [5.74, 6) is 1.02. The maximum absolute atomic E-state index is 10.4. The van der Waals surface area contributed by atoms with Gasteiger partial charge in [-0.1, -0.05) is 113 Å². The monoisotopic (exact) mass is 460 g/mol. The highest BCUT2D eigenvalue weighted by atomic mass is 28.4. The van der Waals surface area contributed by atoms with Crippen LogP contribution in [-0.4, -0.2) is 26.6 Å². The smallest absolute Gasteiger partial charge is 0.261 e. The van der Waals surface area contributed by atoms with Crippen molar-refractivity contribution in [3.63, 3.8) is 0 Å². The first-order valence-corrected chi connectivity index (χ1v) is 14.4. The number of aliphatic hydroxyl groups is 1. The molecule has 0 amide bonds. The van der Waals surface area contributed by atoms with Gasteiger partial charge < -0.3 is 9.53 Å². The number of benzene rings is 2. The molecule has 1 fully saturated rings. The second-order valence-corrected chi connectivity index (χ2v) is 15.6. The lowest BCUT2D eigenvalue weighted by atomic mass is 9.73. The normalized spacial score (nSPS) is 25.9. The molecule has 33 heavy (non-hydrogen) atoms. The minimum atomic E-state index is -2.54. The third kappa shape index (κ3) is 4.31. The largest absolute Gasteiger partial charge is 0.407 e. The van der Waals surface area contributed by atoms with E-state index in [1.54, 1.807) is 0 Å². The standard InChI is InChI=1S/C30H40O2Si/c1-23-16-19-30(5)20-17-27(28(23)30)24(22-31)18-21-32-33(29(2,3)4,25-12-8-6-9-13-25)26-14-10-7-11-15-26/h6-15,17,20,24,27-28,31H,1,16,18-19,21-22H2,2-5H3/t24?,27-,28-,30+/m1/s1. The summed E-state index contributed by atoms with van der Waals surface area (Å²) in [5, 5.41) is 13.0. The zero-order chi connectivity index (χ0) is 23.7. The number of hydrogen-bond acceptors (Lipinski definition) is 2. The number of allylic oxidation sites excluding steroid dienone is 3. The Labute approximate surface area is 201 Å². The lowest BCUT2D eigenvalue weighted by Crippen LogP contribution is -2.66. The first-order valence-electron chi connectivity index (χ1n) is 12.5. The lowest BCUT2D eigenvalue weighted by molar-refractivity contribution is 0.128. The molecule has 1 saturated carbocycles. The number of aliphatic hydroxyl groups excluding tert-OH is 1. The van der Waals surface area contributed by atoms with Gasteiger partial charge in [0.2, 0.25) is 0 Å². The van der Waals surface area contributed by atoms with Crippen molar-refractivity contribution in [3.05, 3.63) is 85.0 Å². The molecule has 0 saturated heterocycles. The molecule has 4 rings (SSSR count). The van der Waals surface area contributed by atoms with Crippen LogP contribution in [0.4, 0.5) is 0 Å². The summed E-state index contributed by atoms with van der Waals surface area (Å²) in [6.45, 7) is 14.5. The molecule has 1 N–H and O–H groups in total. The molecule has 0 aliphatic heterocycles. The van der Waals surface area contributed by atoms with Crippen molar-refractivity contribution in [3.8, 4) is 0 Å². The summed E-state index contributed by atoms with van der Waals surface area (Å²) in [6.07, 6.45) is 7.90. The van der Waals surface area contributed by atoms with Gasteiger partial charge in [0.1, 0.15) is 0 Å². The maximum atomic E-state index is 10.4. The van der Waals surface area contributed by atoms with Crippen molar-refractivity contribution in [2.75, 3.05) is 13.2 Å². The van der Waals surface area contributed by atoms with Crippen LogP contribution in [0.5, 0.6) is 0 Å². The van der Waals surface area contributed by atoms with E-state index >= 15 is 0 Å². The summed E-state index contributed by atoms with van der Waals surface area (Å²) in [4.78, 5) is 0. The van der Waals surface area contributed by atoms with Crippen LogP contribution in [0.3, 0.4) is 0 Å². The molecule has 0 heterocycles. The molecule has 2 aromatic rings. The van der Waals surface area contributed by atoms with Crippen LogP contribution in [0.25, 0.3) is 0 Å². The Hall–Kier alpha value is -1.94. The molecular formula is C30H40O2Si. The third-order valence-corrected chi connectivity index (χ3v) is 13.3. The highest BCUT2D eigenvalue weighted by Gasteiger charge is 2.51. The molecule has 2 aromatic carbocycles. The molecule has 2 aliphatic rings. The van der Waals surface area contributed by atoms with Crippen LogP contribution in [0, 0.1) is 23.2 Å². The van der Waals surface area contributed by atoms with Crippen molar-refractivity contribution in [1.82, 2.24) is 0 Å². The van der Waals surface area contributed by atoms with E-state index in [1.807, 2.05) is 0 Å². The zero-order valence-electron chi connectivity index (χ0n) is 20.8. The summed E-state index contributed by atoms with van der Waals surface area (Å²) in [7, 11) is -2.54. The van der Waals surface area contributed by atoms with E-state index in [0.717, 1.165) is 12.8 Å². The van der Waals surface area contributed by atoms with Crippen LogP contribution < -0.4 is 10.4 Å². The average molecular weight is 461 g/mol. The second-order valence-electron chi connectivity index (χ2n) is 11.3. The molecule has 3 heteroatoms. The Morgan fingerprint density at radius 1 is 1.06 bits per heavy atom. The molecule has 2 aliphatic carbocycles. The molecule has 2 nitrogen and oxygen atoms in total. The van der Waals surface area contributed by atoms with E-state index in [1.165, 1.54) is 22.4 Å². The van der Waals surface area contributed by atoms with Gasteiger partial charge in [-0.05, 0) is 57.8 Å². The van der Waals surface area contributed by atoms with Gasteiger partial charge in [-0.3, -0.25) is 0 Å². The SMILES string of the molecule is C=C1CC[C@@]2(C)C=C[C@H](C(CO)CCO[Si](c3ccccc3)(c3ccccc3)C(C)(C)C)[C@@H]12. The minimum Gasteiger partial charge on any atom is -0.407 e. The van der Waals surface area contributed by atoms with Crippen molar-refractivity contribution in [1.29, 1.82) is 0 Å². The topological polar surface area (TPSA) is 29.5 Å². The van der Waals surface area contributed by atoms with Gasteiger partial charge in [-0.25, -0.2) is 0 Å². The van der Waals surface area contributed by atoms with Crippen molar-refractivity contribution in [2.24, 2.45) is 23.2 Å².